The first kappa shape index (κ1) is 22.9. The molecule has 5 heteroatoms. The van der Waals surface area contributed by atoms with Gasteiger partial charge in [-0.25, -0.2) is 9.59 Å². The van der Waals surface area contributed by atoms with Crippen LogP contribution in [0.3, 0.4) is 0 Å². The lowest BCUT2D eigenvalue weighted by Crippen LogP contribution is -2.26. The summed E-state index contributed by atoms with van der Waals surface area (Å²) in [4.78, 5) is 23.3. The summed E-state index contributed by atoms with van der Waals surface area (Å²) in [5, 5.41) is 2.77. The summed E-state index contributed by atoms with van der Waals surface area (Å²) in [6.45, 7) is 0.700. The van der Waals surface area contributed by atoms with Crippen LogP contribution in [0.2, 0.25) is 0 Å². The van der Waals surface area contributed by atoms with Crippen molar-refractivity contribution in [1.29, 1.82) is 0 Å². The predicted octanol–water partition coefficient (Wildman–Crippen LogP) is 5.15. The molecule has 34 heavy (non-hydrogen) atoms. The van der Waals surface area contributed by atoms with Crippen LogP contribution in [0.25, 0.3) is 17.2 Å². The fourth-order valence-corrected chi connectivity index (χ4v) is 3.95. The third-order valence-corrected chi connectivity index (χ3v) is 5.62. The second kappa shape index (κ2) is 11.0. The van der Waals surface area contributed by atoms with E-state index in [1.165, 1.54) is 35.4 Å². The Labute approximate surface area is 199 Å². The van der Waals surface area contributed by atoms with Gasteiger partial charge in [0.1, 0.15) is 6.61 Å². The van der Waals surface area contributed by atoms with Gasteiger partial charge in [0.2, 0.25) is 0 Å². The molecular formula is C29H25NO4. The summed E-state index contributed by atoms with van der Waals surface area (Å²) in [6.07, 6.45) is 3.12. The van der Waals surface area contributed by atoms with E-state index in [-0.39, 0.29) is 5.92 Å². The Morgan fingerprint density at radius 1 is 0.941 bits per heavy atom. The number of hydrogen-bond acceptors (Lipinski definition) is 4. The minimum Gasteiger partial charge on any atom is -0.466 e. The van der Waals surface area contributed by atoms with E-state index in [4.69, 9.17) is 4.74 Å². The lowest BCUT2D eigenvalue weighted by molar-refractivity contribution is -0.134. The van der Waals surface area contributed by atoms with Gasteiger partial charge >= 0.3 is 12.1 Å². The number of esters is 1. The van der Waals surface area contributed by atoms with Gasteiger partial charge in [-0.15, -0.1) is 0 Å². The topological polar surface area (TPSA) is 64.6 Å². The van der Waals surface area contributed by atoms with Crippen LogP contribution >= 0.6 is 0 Å². The van der Waals surface area contributed by atoms with Crippen LogP contribution in [0.1, 0.15) is 34.6 Å². The molecule has 1 amide bonds. The molecular weight excluding hydrogens is 426 g/mol. The van der Waals surface area contributed by atoms with Crippen molar-refractivity contribution in [3.05, 3.63) is 101 Å². The normalized spacial score (nSPS) is 11.8. The summed E-state index contributed by atoms with van der Waals surface area (Å²) in [7, 11) is 1.34. The maximum atomic E-state index is 12.2. The standard InChI is InChI=1S/C29H25NO4/c1-33-28(31)18-17-22-15-13-21(14-16-22)8-6-7-19-30-29(32)34-20-27-25-11-4-2-9-23(25)24-10-3-5-12-26(24)27/h2-5,9-18,27H,7,19-20H2,1H3,(H,30,32)/b18-17+. The molecule has 0 atom stereocenters. The molecule has 1 N–H and O–H groups in total. The maximum Gasteiger partial charge on any atom is 0.407 e. The first-order valence-electron chi connectivity index (χ1n) is 11.1. The molecule has 4 rings (SSSR count). The van der Waals surface area contributed by atoms with E-state index < -0.39 is 12.1 Å². The van der Waals surface area contributed by atoms with Crippen LogP contribution < -0.4 is 5.32 Å². The van der Waals surface area contributed by atoms with Gasteiger partial charge < -0.3 is 14.8 Å². The van der Waals surface area contributed by atoms with Gasteiger partial charge in [0.15, 0.2) is 0 Å². The Kier molecular flexibility index (Phi) is 7.42. The molecule has 0 bridgehead atoms. The Balaban J connectivity index is 1.23. The average molecular weight is 452 g/mol. The fourth-order valence-electron chi connectivity index (χ4n) is 3.95. The van der Waals surface area contributed by atoms with Crippen molar-refractivity contribution < 1.29 is 19.1 Å². The second-order valence-corrected chi connectivity index (χ2v) is 7.78. The van der Waals surface area contributed by atoms with E-state index in [2.05, 4.69) is 46.2 Å². The number of rotatable bonds is 6. The highest BCUT2D eigenvalue weighted by Crippen LogP contribution is 2.44. The van der Waals surface area contributed by atoms with Crippen LogP contribution in [0.4, 0.5) is 4.79 Å². The SMILES string of the molecule is COC(=O)/C=C/c1ccc(C#CCCNC(=O)OCC2c3ccccc3-c3ccccc32)cc1. The van der Waals surface area contributed by atoms with Crippen LogP contribution in [-0.2, 0) is 14.3 Å². The Hall–Kier alpha value is -4.30. The van der Waals surface area contributed by atoms with Gasteiger partial charge in [0.05, 0.1) is 7.11 Å². The zero-order chi connectivity index (χ0) is 23.8. The number of carbonyl (C=O) groups excluding carboxylic acids is 2. The molecule has 170 valence electrons. The van der Waals surface area contributed by atoms with E-state index >= 15 is 0 Å². The molecule has 0 aromatic heterocycles. The van der Waals surface area contributed by atoms with Crippen molar-refractivity contribution in [3.8, 4) is 23.0 Å². The number of carbonyl (C=O) groups is 2. The van der Waals surface area contributed by atoms with Crippen molar-refractivity contribution in [3.63, 3.8) is 0 Å². The van der Waals surface area contributed by atoms with Gasteiger partial charge in [-0.1, -0.05) is 72.5 Å². The Morgan fingerprint density at radius 2 is 1.59 bits per heavy atom. The number of ether oxygens (including phenoxy) is 2. The van der Waals surface area contributed by atoms with Gasteiger partial charge in [-0.3, -0.25) is 0 Å². The van der Waals surface area contributed by atoms with Gasteiger partial charge in [-0.05, 0) is 46.0 Å². The first-order chi connectivity index (χ1) is 16.7. The van der Waals surface area contributed by atoms with Crippen molar-refractivity contribution in [2.45, 2.75) is 12.3 Å². The van der Waals surface area contributed by atoms with Gasteiger partial charge in [0.25, 0.3) is 0 Å². The number of benzene rings is 3. The van der Waals surface area contributed by atoms with Crippen LogP contribution in [0, 0.1) is 11.8 Å². The molecule has 3 aromatic carbocycles. The summed E-state index contributed by atoms with van der Waals surface area (Å²) in [6, 6.07) is 24.0. The number of methoxy groups -OCH3 is 1. The third kappa shape index (κ3) is 5.54. The van der Waals surface area contributed by atoms with Crippen molar-refractivity contribution in [2.24, 2.45) is 0 Å². The van der Waals surface area contributed by atoms with Crippen molar-refractivity contribution >= 4 is 18.1 Å². The highest BCUT2D eigenvalue weighted by Gasteiger charge is 2.28. The van der Waals surface area contributed by atoms with E-state index in [9.17, 15) is 9.59 Å². The van der Waals surface area contributed by atoms with Gasteiger partial charge in [-0.2, -0.15) is 0 Å². The molecule has 0 heterocycles. The number of amides is 1. The molecule has 0 fully saturated rings. The lowest BCUT2D eigenvalue weighted by Gasteiger charge is -2.14. The third-order valence-electron chi connectivity index (χ3n) is 5.62. The van der Waals surface area contributed by atoms with E-state index in [0.717, 1.165) is 11.1 Å². The molecule has 0 saturated carbocycles. The number of nitrogens with one attached hydrogen (secondary N) is 1. The molecule has 0 unspecified atom stereocenters. The highest BCUT2D eigenvalue weighted by atomic mass is 16.5. The fraction of sp³-hybridized carbons (Fsp3) is 0.172. The smallest absolute Gasteiger partial charge is 0.407 e. The van der Waals surface area contributed by atoms with E-state index in [1.54, 1.807) is 6.08 Å². The molecule has 1 aliphatic rings. The minimum absolute atomic E-state index is 0.0448. The predicted molar refractivity (Wildman–Crippen MR) is 132 cm³/mol. The molecule has 0 aliphatic heterocycles. The summed E-state index contributed by atoms with van der Waals surface area (Å²) in [5.41, 5.74) is 6.53. The van der Waals surface area contributed by atoms with Crippen LogP contribution in [0.5, 0.6) is 0 Å². The molecule has 0 saturated heterocycles. The second-order valence-electron chi connectivity index (χ2n) is 7.78. The van der Waals surface area contributed by atoms with Gasteiger partial charge in [0, 0.05) is 30.5 Å². The molecule has 0 spiro atoms. The summed E-state index contributed by atoms with van der Waals surface area (Å²) in [5.74, 6) is 5.76. The lowest BCUT2D eigenvalue weighted by atomic mass is 9.98. The molecule has 5 nitrogen and oxygen atoms in total. The number of alkyl carbamates (subject to hydrolysis) is 1. The van der Waals surface area contributed by atoms with Crippen molar-refractivity contribution in [1.82, 2.24) is 5.32 Å². The van der Waals surface area contributed by atoms with E-state index in [0.29, 0.717) is 19.6 Å². The largest absolute Gasteiger partial charge is 0.466 e. The highest BCUT2D eigenvalue weighted by molar-refractivity contribution is 5.86. The first-order valence-corrected chi connectivity index (χ1v) is 11.1. The Bertz CT molecular complexity index is 1220. The molecule has 3 aromatic rings. The zero-order valence-electron chi connectivity index (χ0n) is 18.9. The summed E-state index contributed by atoms with van der Waals surface area (Å²) >= 11 is 0. The number of fused-ring (bicyclic) bond motifs is 3. The quantitative estimate of drug-likeness (QED) is 0.244. The summed E-state index contributed by atoms with van der Waals surface area (Å²) < 4.78 is 10.1. The number of hydrogen-bond donors (Lipinski definition) is 1. The Morgan fingerprint density at radius 3 is 2.24 bits per heavy atom. The zero-order valence-corrected chi connectivity index (χ0v) is 18.9. The monoisotopic (exact) mass is 451 g/mol. The van der Waals surface area contributed by atoms with E-state index in [1.807, 2.05) is 48.5 Å². The minimum atomic E-state index is -0.439. The van der Waals surface area contributed by atoms with Crippen LogP contribution in [-0.4, -0.2) is 32.3 Å². The molecule has 0 radical (unpaired) electrons. The van der Waals surface area contributed by atoms with Crippen molar-refractivity contribution in [2.75, 3.05) is 20.3 Å². The average Bonchev–Trinajstić information content (AvgIpc) is 3.20. The maximum absolute atomic E-state index is 12.2. The molecule has 1 aliphatic carbocycles. The van der Waals surface area contributed by atoms with Crippen LogP contribution in [0.15, 0.2) is 78.9 Å².